The maximum Gasteiger partial charge on any atom is 0.220 e. The van der Waals surface area contributed by atoms with E-state index in [1.54, 1.807) is 0 Å². The number of aromatic nitrogens is 1. The number of allylic oxidation sites excluding steroid dienone is 2. The summed E-state index contributed by atoms with van der Waals surface area (Å²) in [7, 11) is 0. The fraction of sp³-hybridized carbons (Fsp3) is 0.440. The van der Waals surface area contributed by atoms with Crippen LogP contribution in [-0.2, 0) is 36.7 Å². The number of rotatable bonds is 11. The number of carbonyl (C=O) groups is 1. The van der Waals surface area contributed by atoms with Crippen molar-refractivity contribution < 1.29 is 34.4 Å². The standard InChI is InChI=1S/C35H34NOS.C15H28O2.Ir/c1-20(2)14-27-16-25-13-12-24(18-32(25)38-27)29-19-31(36-34-33(29)21(3)22(4)37-34)26-15-23-10-8-9-11-28(23)30(17-26)35(5,6)7;1-7-14(5,8-2)12(16)11-13(17)15(6,9-3)10-4;/h8-13,16-20H,14H2,1-7H3;11,16H,7-10H2,1-6H3;/q-1;;/b;12-11-;. The molecule has 1 N–H and O–H groups in total. The topological polar surface area (TPSA) is 63.3 Å². The van der Waals surface area contributed by atoms with Crippen molar-refractivity contribution in [1.82, 2.24) is 4.98 Å². The molecule has 301 valence electrons. The van der Waals surface area contributed by atoms with Gasteiger partial charge in [-0.25, -0.2) is 0 Å². The third kappa shape index (κ3) is 9.41. The maximum atomic E-state index is 12.2. The van der Waals surface area contributed by atoms with Gasteiger partial charge in [0.05, 0.1) is 0 Å². The van der Waals surface area contributed by atoms with Gasteiger partial charge in [0.15, 0.2) is 5.78 Å². The minimum absolute atomic E-state index is 0. The second kappa shape index (κ2) is 17.9. The first-order chi connectivity index (χ1) is 25.9. The van der Waals surface area contributed by atoms with Gasteiger partial charge in [-0.2, -0.15) is 0 Å². The number of pyridine rings is 1. The monoisotopic (exact) mass is 949 g/mol. The van der Waals surface area contributed by atoms with E-state index in [1.165, 1.54) is 43.1 Å². The van der Waals surface area contributed by atoms with Crippen LogP contribution in [0.5, 0.6) is 0 Å². The zero-order valence-electron chi connectivity index (χ0n) is 35.9. The molecule has 56 heavy (non-hydrogen) atoms. The van der Waals surface area contributed by atoms with Crippen LogP contribution in [0.1, 0.15) is 124 Å². The van der Waals surface area contributed by atoms with Crippen molar-refractivity contribution >= 4 is 49.1 Å². The van der Waals surface area contributed by atoms with Crippen molar-refractivity contribution in [3.63, 3.8) is 0 Å². The summed E-state index contributed by atoms with van der Waals surface area (Å²) in [5.41, 5.74) is 6.79. The van der Waals surface area contributed by atoms with Crippen LogP contribution in [0.15, 0.2) is 76.9 Å². The molecule has 0 aliphatic heterocycles. The Kier molecular flexibility index (Phi) is 14.4. The number of furan rings is 1. The molecule has 0 saturated heterocycles. The molecule has 3 heterocycles. The van der Waals surface area contributed by atoms with Crippen LogP contribution in [-0.4, -0.2) is 15.9 Å². The summed E-state index contributed by atoms with van der Waals surface area (Å²) in [5, 5.41) is 14.9. The van der Waals surface area contributed by atoms with Crippen molar-refractivity contribution in [3.05, 3.63) is 100 Å². The number of ketones is 1. The van der Waals surface area contributed by atoms with Gasteiger partial charge in [0, 0.05) is 63.2 Å². The second-order valence-electron chi connectivity index (χ2n) is 17.4. The van der Waals surface area contributed by atoms with Crippen LogP contribution >= 0.6 is 11.3 Å². The van der Waals surface area contributed by atoms with Gasteiger partial charge >= 0.3 is 0 Å². The largest absolute Gasteiger partial charge is 0.512 e. The van der Waals surface area contributed by atoms with Crippen LogP contribution < -0.4 is 0 Å². The van der Waals surface area contributed by atoms with Gasteiger partial charge in [-0.15, -0.1) is 40.5 Å². The molecule has 0 amide bonds. The van der Waals surface area contributed by atoms with E-state index in [0.717, 1.165) is 65.5 Å². The molecule has 0 aliphatic carbocycles. The predicted molar refractivity (Wildman–Crippen MR) is 236 cm³/mol. The van der Waals surface area contributed by atoms with Crippen LogP contribution in [0.3, 0.4) is 0 Å². The smallest absolute Gasteiger partial charge is 0.220 e. The summed E-state index contributed by atoms with van der Waals surface area (Å²) >= 11 is 1.91. The zero-order chi connectivity index (χ0) is 40.5. The normalized spacial score (nSPS) is 12.6. The Morgan fingerprint density at radius 2 is 1.54 bits per heavy atom. The van der Waals surface area contributed by atoms with E-state index in [-0.39, 0.29) is 47.9 Å². The molecule has 0 fully saturated rings. The summed E-state index contributed by atoms with van der Waals surface area (Å²) < 4.78 is 7.55. The Bertz CT molecular complexity index is 2340. The number of hydrogen-bond donors (Lipinski definition) is 1. The van der Waals surface area contributed by atoms with Crippen LogP contribution in [0, 0.1) is 36.7 Å². The molecule has 3 aromatic carbocycles. The van der Waals surface area contributed by atoms with Crippen molar-refractivity contribution in [1.29, 1.82) is 0 Å². The van der Waals surface area contributed by atoms with Gasteiger partial charge in [-0.05, 0) is 85.9 Å². The van der Waals surface area contributed by atoms with Crippen molar-refractivity contribution in [3.8, 4) is 22.4 Å². The zero-order valence-corrected chi connectivity index (χ0v) is 39.1. The minimum atomic E-state index is -0.337. The number of hydrogen-bond acceptors (Lipinski definition) is 5. The SMILES string of the molecule is CCC(C)(CC)C(=O)/C=C(\O)C(C)(CC)CC.Cc1oc2nc(-c3[c-]c4ccccc4c(C(C)(C)C)c3)cc(-c3ccc4cc(CC(C)C)sc4c3)c2c1C.[Ir]. The van der Waals surface area contributed by atoms with Crippen molar-refractivity contribution in [2.75, 3.05) is 0 Å². The van der Waals surface area contributed by atoms with Gasteiger partial charge in [0.2, 0.25) is 5.71 Å². The van der Waals surface area contributed by atoms with Gasteiger partial charge in [-0.1, -0.05) is 124 Å². The first-order valence-corrected chi connectivity index (χ1v) is 21.0. The van der Waals surface area contributed by atoms with E-state index < -0.39 is 0 Å². The number of thiophene rings is 1. The number of aliphatic hydroxyl groups is 1. The van der Waals surface area contributed by atoms with Gasteiger partial charge in [0.25, 0.3) is 0 Å². The molecule has 0 spiro atoms. The molecule has 6 rings (SSSR count). The van der Waals surface area contributed by atoms with Crippen LogP contribution in [0.4, 0.5) is 0 Å². The number of fused-ring (bicyclic) bond motifs is 3. The molecule has 3 aromatic heterocycles. The van der Waals surface area contributed by atoms with Gasteiger partial charge in [-0.3, -0.25) is 9.78 Å². The second-order valence-corrected chi connectivity index (χ2v) is 18.6. The predicted octanol–water partition coefficient (Wildman–Crippen LogP) is 15.1. The van der Waals surface area contributed by atoms with E-state index in [1.807, 2.05) is 59.8 Å². The molecule has 6 heteroatoms. The van der Waals surface area contributed by atoms with Gasteiger partial charge in [0.1, 0.15) is 11.5 Å². The molecule has 4 nitrogen and oxygen atoms in total. The van der Waals surface area contributed by atoms with E-state index in [0.29, 0.717) is 11.6 Å². The molecular formula is C50H62IrNO3S-. The van der Waals surface area contributed by atoms with Crippen LogP contribution in [0.25, 0.3) is 54.3 Å². The number of aryl methyl sites for hydroxylation is 2. The van der Waals surface area contributed by atoms with Crippen molar-refractivity contribution in [2.24, 2.45) is 16.7 Å². The number of benzene rings is 3. The number of aliphatic hydroxyl groups excluding tert-OH is 1. The number of carbonyl (C=O) groups excluding carboxylic acids is 1. The molecule has 0 bridgehead atoms. The molecular weight excluding hydrogens is 887 g/mol. The summed E-state index contributed by atoms with van der Waals surface area (Å²) in [6.45, 7) is 27.6. The Hall–Kier alpha value is -3.57. The third-order valence-corrected chi connectivity index (χ3v) is 13.2. The van der Waals surface area contributed by atoms with E-state index >= 15 is 0 Å². The Labute approximate surface area is 353 Å². The minimum Gasteiger partial charge on any atom is -0.512 e. The molecule has 1 radical (unpaired) electrons. The molecule has 0 aliphatic rings. The molecule has 0 saturated carbocycles. The summed E-state index contributed by atoms with van der Waals surface area (Å²) in [5.74, 6) is 1.85. The Morgan fingerprint density at radius 1 is 0.893 bits per heavy atom. The fourth-order valence-electron chi connectivity index (χ4n) is 7.15. The average molecular weight is 949 g/mol. The third-order valence-electron chi connectivity index (χ3n) is 12.1. The van der Waals surface area contributed by atoms with Crippen molar-refractivity contribution in [2.45, 2.75) is 128 Å². The number of nitrogens with zero attached hydrogens (tertiary/aromatic N) is 1. The molecule has 0 unspecified atom stereocenters. The van der Waals surface area contributed by atoms with Gasteiger partial charge < -0.3 is 9.52 Å². The maximum absolute atomic E-state index is 12.2. The average Bonchev–Trinajstić information content (AvgIpc) is 3.70. The van der Waals surface area contributed by atoms with E-state index in [9.17, 15) is 9.90 Å². The first kappa shape index (κ1) is 45.1. The molecule has 6 aromatic rings. The summed E-state index contributed by atoms with van der Waals surface area (Å²) in [6, 6.07) is 25.9. The fourth-order valence-corrected chi connectivity index (χ4v) is 8.47. The Balaban J connectivity index is 0.000000330. The van der Waals surface area contributed by atoms with Crippen LogP contribution in [0.2, 0.25) is 0 Å². The quantitative estimate of drug-likeness (QED) is 0.0798. The summed E-state index contributed by atoms with van der Waals surface area (Å²) in [6.07, 6.45) is 5.87. The first-order valence-electron chi connectivity index (χ1n) is 20.2. The molecule has 0 atom stereocenters. The van der Waals surface area contributed by atoms with E-state index in [2.05, 4.69) is 108 Å². The summed E-state index contributed by atoms with van der Waals surface area (Å²) in [4.78, 5) is 18.7. The Morgan fingerprint density at radius 3 is 2.14 bits per heavy atom. The van der Waals surface area contributed by atoms with E-state index in [4.69, 9.17) is 9.40 Å².